The molecule has 0 fully saturated rings. The van der Waals surface area contributed by atoms with Crippen LogP contribution in [0.15, 0.2) is 88.7 Å². The summed E-state index contributed by atoms with van der Waals surface area (Å²) in [5, 5.41) is 17.8. The molecule has 1 unspecified atom stereocenters. The normalized spacial score (nSPS) is 11.7. The van der Waals surface area contributed by atoms with E-state index in [2.05, 4.69) is 20.7 Å². The Bertz CT molecular complexity index is 1520. The van der Waals surface area contributed by atoms with Gasteiger partial charge in [0.2, 0.25) is 5.82 Å². The number of nitrogens with zero attached hydrogens (tertiary/aromatic N) is 5. The Hall–Kier alpha value is -4.28. The molecule has 0 saturated heterocycles. The zero-order valence-electron chi connectivity index (χ0n) is 20.3. The first-order chi connectivity index (χ1) is 18.5. The van der Waals surface area contributed by atoms with E-state index in [1.807, 2.05) is 47.8 Å². The lowest BCUT2D eigenvalue weighted by atomic mass is 10.1. The third kappa shape index (κ3) is 5.82. The summed E-state index contributed by atoms with van der Waals surface area (Å²) in [5.41, 5.74) is 1.39. The van der Waals surface area contributed by atoms with Crippen molar-refractivity contribution in [2.75, 3.05) is 4.90 Å². The number of hydrogen-bond acceptors (Lipinski definition) is 7. The Morgan fingerprint density at radius 2 is 1.84 bits per heavy atom. The van der Waals surface area contributed by atoms with Gasteiger partial charge in [-0.25, -0.2) is 0 Å². The van der Waals surface area contributed by atoms with E-state index < -0.39 is 17.9 Å². The molecule has 3 aromatic heterocycles. The van der Waals surface area contributed by atoms with Crippen LogP contribution in [0, 0.1) is 6.92 Å². The topological polar surface area (TPSA) is 106 Å². The number of benzene rings is 2. The summed E-state index contributed by atoms with van der Waals surface area (Å²) in [6, 6.07) is 22.3. The fraction of sp³-hybridized carbons (Fsp3) is 0.148. The first-order valence-corrected chi connectivity index (χ1v) is 13.0. The highest BCUT2D eigenvalue weighted by atomic mass is 35.5. The minimum absolute atomic E-state index is 0.247. The second-order valence-corrected chi connectivity index (χ2v) is 9.80. The van der Waals surface area contributed by atoms with Gasteiger partial charge in [0.15, 0.2) is 6.04 Å². The lowest BCUT2D eigenvalue weighted by Crippen LogP contribution is -2.45. The van der Waals surface area contributed by atoms with Gasteiger partial charge < -0.3 is 9.73 Å². The molecule has 0 saturated carbocycles. The second-order valence-electron chi connectivity index (χ2n) is 8.42. The predicted octanol–water partition coefficient (Wildman–Crippen LogP) is 5.05. The molecule has 1 N–H and O–H groups in total. The molecule has 3 heterocycles. The number of carbonyl (C=O) groups excluding carboxylic acids is 2. The van der Waals surface area contributed by atoms with Gasteiger partial charge in [0.05, 0.1) is 4.88 Å². The highest BCUT2D eigenvalue weighted by Crippen LogP contribution is 2.31. The summed E-state index contributed by atoms with van der Waals surface area (Å²) in [6.45, 7) is 1.82. The maximum absolute atomic E-state index is 13.8. The average Bonchev–Trinajstić information content (AvgIpc) is 3.70. The van der Waals surface area contributed by atoms with Crippen LogP contribution in [0.1, 0.15) is 23.1 Å². The molecular weight excluding hydrogens is 524 g/mol. The lowest BCUT2D eigenvalue weighted by molar-refractivity contribution is -0.127. The van der Waals surface area contributed by atoms with Crippen molar-refractivity contribution in [3.8, 4) is 10.7 Å². The summed E-state index contributed by atoms with van der Waals surface area (Å²) < 4.78 is 5.87. The van der Waals surface area contributed by atoms with E-state index in [1.165, 1.54) is 21.0 Å². The molecule has 0 bridgehead atoms. The van der Waals surface area contributed by atoms with Gasteiger partial charge >= 0.3 is 0 Å². The van der Waals surface area contributed by atoms with E-state index in [1.54, 1.807) is 43.3 Å². The van der Waals surface area contributed by atoms with Gasteiger partial charge in [-0.1, -0.05) is 48.0 Å². The number of halogens is 1. The number of aryl methyl sites for hydroxylation is 1. The van der Waals surface area contributed by atoms with E-state index >= 15 is 0 Å². The molecule has 5 aromatic rings. The second kappa shape index (κ2) is 11.4. The van der Waals surface area contributed by atoms with Gasteiger partial charge in [-0.2, -0.15) is 4.80 Å². The Labute approximate surface area is 227 Å². The summed E-state index contributed by atoms with van der Waals surface area (Å²) in [6.07, 6.45) is 0. The Balaban J connectivity index is 1.48. The molecule has 0 aliphatic rings. The van der Waals surface area contributed by atoms with E-state index in [0.717, 1.165) is 10.4 Å². The molecule has 11 heteroatoms. The van der Waals surface area contributed by atoms with Crippen molar-refractivity contribution >= 4 is 40.4 Å². The van der Waals surface area contributed by atoms with Crippen molar-refractivity contribution in [2.45, 2.75) is 26.1 Å². The molecule has 38 heavy (non-hydrogen) atoms. The van der Waals surface area contributed by atoms with E-state index in [4.69, 9.17) is 16.0 Å². The van der Waals surface area contributed by atoms with Gasteiger partial charge in [-0.05, 0) is 65.5 Å². The zero-order valence-corrected chi connectivity index (χ0v) is 21.9. The highest BCUT2D eigenvalue weighted by molar-refractivity contribution is 7.13. The van der Waals surface area contributed by atoms with Crippen molar-refractivity contribution in [3.05, 3.63) is 106 Å². The van der Waals surface area contributed by atoms with Crippen LogP contribution >= 0.6 is 22.9 Å². The van der Waals surface area contributed by atoms with Crippen molar-refractivity contribution in [3.63, 3.8) is 0 Å². The summed E-state index contributed by atoms with van der Waals surface area (Å²) in [7, 11) is 0. The predicted molar refractivity (Wildman–Crippen MR) is 145 cm³/mol. The van der Waals surface area contributed by atoms with Gasteiger partial charge in [-0.15, -0.1) is 21.5 Å². The number of hydrogen-bond donors (Lipinski definition) is 1. The van der Waals surface area contributed by atoms with Gasteiger partial charge in [0, 0.05) is 17.3 Å². The van der Waals surface area contributed by atoms with Crippen LogP contribution in [0.2, 0.25) is 5.02 Å². The van der Waals surface area contributed by atoms with Crippen molar-refractivity contribution in [1.82, 2.24) is 25.5 Å². The van der Waals surface area contributed by atoms with Crippen molar-refractivity contribution in [2.24, 2.45) is 0 Å². The maximum atomic E-state index is 13.8. The van der Waals surface area contributed by atoms with Crippen LogP contribution in [-0.4, -0.2) is 32.0 Å². The monoisotopic (exact) mass is 546 g/mol. The van der Waals surface area contributed by atoms with Crippen LogP contribution in [0.4, 0.5) is 5.69 Å². The lowest BCUT2D eigenvalue weighted by Gasteiger charge is -2.30. The third-order valence-corrected chi connectivity index (χ3v) is 6.81. The van der Waals surface area contributed by atoms with Crippen LogP contribution < -0.4 is 10.2 Å². The molecule has 1 atom stereocenters. The minimum atomic E-state index is -1.10. The molecule has 2 aromatic carbocycles. The maximum Gasteiger partial charge on any atom is 0.251 e. The number of furan rings is 1. The van der Waals surface area contributed by atoms with Crippen LogP contribution in [-0.2, 0) is 22.7 Å². The zero-order chi connectivity index (χ0) is 26.5. The summed E-state index contributed by atoms with van der Waals surface area (Å²) >= 11 is 7.60. The average molecular weight is 547 g/mol. The number of thiophene rings is 1. The summed E-state index contributed by atoms with van der Waals surface area (Å²) in [5.74, 6) is 0.517. The molecule has 9 nitrogen and oxygen atoms in total. The van der Waals surface area contributed by atoms with Crippen molar-refractivity contribution in [1.29, 1.82) is 0 Å². The molecule has 5 rings (SSSR count). The standard InChI is InChI=1S/C27H23ClN6O3S/c1-18-9-14-22(37-18)25(27(36)29-16-19-6-3-2-4-7-19)34(21-12-10-20(28)11-13-21)24(35)17-33-31-26(30-32-33)23-8-5-15-38-23/h2-15,25H,16-17H2,1H3,(H,29,36). The van der Waals surface area contributed by atoms with Gasteiger partial charge in [0.25, 0.3) is 11.8 Å². The fourth-order valence-corrected chi connectivity index (χ4v) is 4.68. The summed E-state index contributed by atoms with van der Waals surface area (Å²) in [4.78, 5) is 31.0. The largest absolute Gasteiger partial charge is 0.464 e. The van der Waals surface area contributed by atoms with E-state index in [0.29, 0.717) is 28.1 Å². The Morgan fingerprint density at radius 3 is 2.53 bits per heavy atom. The SMILES string of the molecule is Cc1ccc(C(C(=O)NCc2ccccc2)N(C(=O)Cn2nnc(-c3cccs3)n2)c2ccc(Cl)cc2)o1. The first kappa shape index (κ1) is 25.4. The number of amides is 2. The van der Waals surface area contributed by atoms with Crippen LogP contribution in [0.3, 0.4) is 0 Å². The number of rotatable bonds is 9. The molecule has 0 aliphatic carbocycles. The van der Waals surface area contributed by atoms with E-state index in [9.17, 15) is 9.59 Å². The Kier molecular flexibility index (Phi) is 7.62. The third-order valence-electron chi connectivity index (χ3n) is 5.69. The number of aromatic nitrogens is 4. The van der Waals surface area contributed by atoms with Gasteiger partial charge in [0.1, 0.15) is 18.1 Å². The van der Waals surface area contributed by atoms with Crippen LogP contribution in [0.25, 0.3) is 10.7 Å². The van der Waals surface area contributed by atoms with Crippen molar-refractivity contribution < 1.29 is 14.0 Å². The molecule has 0 aliphatic heterocycles. The molecule has 0 radical (unpaired) electrons. The van der Waals surface area contributed by atoms with Gasteiger partial charge in [-0.3, -0.25) is 14.5 Å². The van der Waals surface area contributed by atoms with E-state index in [-0.39, 0.29) is 13.1 Å². The number of anilines is 1. The van der Waals surface area contributed by atoms with Crippen LogP contribution in [0.5, 0.6) is 0 Å². The minimum Gasteiger partial charge on any atom is -0.464 e. The number of tetrazole rings is 1. The first-order valence-electron chi connectivity index (χ1n) is 11.8. The molecule has 192 valence electrons. The quantitative estimate of drug-likeness (QED) is 0.277. The number of carbonyl (C=O) groups is 2. The highest BCUT2D eigenvalue weighted by Gasteiger charge is 2.35. The molecule has 2 amide bonds. The molecular formula is C27H23ClN6O3S. The molecule has 0 spiro atoms. The fourth-order valence-electron chi connectivity index (χ4n) is 3.91. The Morgan fingerprint density at radius 1 is 1.05 bits per heavy atom. The smallest absolute Gasteiger partial charge is 0.251 e. The number of nitrogens with one attached hydrogen (secondary N) is 1.